The van der Waals surface area contributed by atoms with E-state index in [1.807, 2.05) is 42.2 Å². The maximum atomic E-state index is 13.6. The normalized spacial score (nSPS) is 12.1. The molecule has 1 unspecified atom stereocenters. The molecule has 0 spiro atoms. The maximum absolute atomic E-state index is 13.6. The van der Waals surface area contributed by atoms with Crippen LogP contribution in [0.4, 0.5) is 0 Å². The van der Waals surface area contributed by atoms with Crippen LogP contribution in [0.3, 0.4) is 0 Å². The zero-order chi connectivity index (χ0) is 23.1. The lowest BCUT2D eigenvalue weighted by Crippen LogP contribution is -2.39. The molecule has 0 saturated heterocycles. The SMILES string of the molecule is CCCCC(=O)N(CCCC)C(CC)c1nc2ccccc2c(=O)n1-c1cccc(Cl)c1. The zero-order valence-corrected chi connectivity index (χ0v) is 19.9. The van der Waals surface area contributed by atoms with E-state index < -0.39 is 0 Å². The fourth-order valence-electron chi connectivity index (χ4n) is 4.03. The van der Waals surface area contributed by atoms with Crippen molar-refractivity contribution in [3.05, 3.63) is 69.7 Å². The maximum Gasteiger partial charge on any atom is 0.266 e. The molecule has 1 atom stereocenters. The number of benzene rings is 2. The number of rotatable bonds is 10. The van der Waals surface area contributed by atoms with Crippen LogP contribution >= 0.6 is 11.6 Å². The highest BCUT2D eigenvalue weighted by Crippen LogP contribution is 2.28. The standard InChI is InChI=1S/C26H32ClN3O2/c1-4-7-16-24(31)29(17-8-5-2)23(6-3)25-28-22-15-10-9-14-21(22)26(32)30(25)20-13-11-12-19(27)18-20/h9-15,18,23H,4-8,16-17H2,1-3H3. The highest BCUT2D eigenvalue weighted by molar-refractivity contribution is 6.30. The van der Waals surface area contributed by atoms with Crippen LogP contribution in [-0.2, 0) is 4.79 Å². The fourth-order valence-corrected chi connectivity index (χ4v) is 4.22. The van der Waals surface area contributed by atoms with Gasteiger partial charge in [-0.3, -0.25) is 14.2 Å². The molecule has 32 heavy (non-hydrogen) atoms. The molecule has 0 aliphatic carbocycles. The number of aromatic nitrogens is 2. The second-order valence-electron chi connectivity index (χ2n) is 8.08. The third kappa shape index (κ3) is 5.21. The van der Waals surface area contributed by atoms with E-state index in [0.29, 0.717) is 46.8 Å². The molecule has 1 amide bonds. The minimum Gasteiger partial charge on any atom is -0.333 e. The number of nitrogens with zero attached hydrogens (tertiary/aromatic N) is 3. The van der Waals surface area contributed by atoms with Gasteiger partial charge < -0.3 is 4.90 Å². The third-order valence-electron chi connectivity index (χ3n) is 5.75. The van der Waals surface area contributed by atoms with Gasteiger partial charge in [-0.1, -0.05) is 63.4 Å². The Morgan fingerprint density at radius 1 is 1.06 bits per heavy atom. The van der Waals surface area contributed by atoms with Gasteiger partial charge in [-0.05, 0) is 49.6 Å². The van der Waals surface area contributed by atoms with Crippen LogP contribution < -0.4 is 5.56 Å². The molecule has 1 heterocycles. The van der Waals surface area contributed by atoms with Gasteiger partial charge in [0.05, 0.1) is 22.6 Å². The van der Waals surface area contributed by atoms with Crippen molar-refractivity contribution in [1.82, 2.24) is 14.5 Å². The number of halogens is 1. The Morgan fingerprint density at radius 2 is 1.81 bits per heavy atom. The summed E-state index contributed by atoms with van der Waals surface area (Å²) in [4.78, 5) is 33.7. The molecule has 3 aromatic rings. The number of hydrogen-bond acceptors (Lipinski definition) is 3. The molecule has 0 bridgehead atoms. The predicted octanol–water partition coefficient (Wildman–Crippen LogP) is 6.31. The topological polar surface area (TPSA) is 55.2 Å². The Morgan fingerprint density at radius 3 is 2.50 bits per heavy atom. The van der Waals surface area contributed by atoms with E-state index >= 15 is 0 Å². The summed E-state index contributed by atoms with van der Waals surface area (Å²) in [6.07, 6.45) is 4.87. The summed E-state index contributed by atoms with van der Waals surface area (Å²) in [6, 6.07) is 14.3. The van der Waals surface area contributed by atoms with E-state index in [1.165, 1.54) is 0 Å². The van der Waals surface area contributed by atoms with Crippen molar-refractivity contribution in [2.45, 2.75) is 65.3 Å². The number of carbonyl (C=O) groups is 1. The number of hydrogen-bond donors (Lipinski definition) is 0. The number of carbonyl (C=O) groups excluding carboxylic acids is 1. The molecule has 0 saturated carbocycles. The van der Waals surface area contributed by atoms with Crippen molar-refractivity contribution in [2.75, 3.05) is 6.54 Å². The first kappa shape index (κ1) is 24.0. The number of fused-ring (bicyclic) bond motifs is 1. The lowest BCUT2D eigenvalue weighted by Gasteiger charge is -2.32. The van der Waals surface area contributed by atoms with Gasteiger partial charge in [-0.2, -0.15) is 0 Å². The lowest BCUT2D eigenvalue weighted by molar-refractivity contribution is -0.134. The minimum absolute atomic E-state index is 0.118. The van der Waals surface area contributed by atoms with Gasteiger partial charge in [0.15, 0.2) is 0 Å². The summed E-state index contributed by atoms with van der Waals surface area (Å²) in [7, 11) is 0. The molecule has 0 fully saturated rings. The Hall–Kier alpha value is -2.66. The Kier molecular flexibility index (Phi) is 8.46. The van der Waals surface area contributed by atoms with Crippen molar-refractivity contribution < 1.29 is 4.79 Å². The van der Waals surface area contributed by atoms with Gasteiger partial charge in [0.2, 0.25) is 5.91 Å². The van der Waals surface area contributed by atoms with Crippen LogP contribution in [0.25, 0.3) is 16.6 Å². The van der Waals surface area contributed by atoms with E-state index in [-0.39, 0.29) is 17.5 Å². The molecular formula is C26H32ClN3O2. The van der Waals surface area contributed by atoms with Crippen molar-refractivity contribution in [3.8, 4) is 5.69 Å². The minimum atomic E-state index is -0.304. The van der Waals surface area contributed by atoms with E-state index in [0.717, 1.165) is 25.7 Å². The van der Waals surface area contributed by atoms with Crippen LogP contribution in [0, 0.1) is 0 Å². The first-order chi connectivity index (χ1) is 15.5. The van der Waals surface area contributed by atoms with Gasteiger partial charge in [0.1, 0.15) is 5.82 Å². The Balaban J connectivity index is 2.24. The molecule has 0 radical (unpaired) electrons. The third-order valence-corrected chi connectivity index (χ3v) is 5.98. The van der Waals surface area contributed by atoms with Crippen molar-refractivity contribution in [1.29, 1.82) is 0 Å². The van der Waals surface area contributed by atoms with Crippen molar-refractivity contribution in [2.24, 2.45) is 0 Å². The van der Waals surface area contributed by atoms with E-state index in [4.69, 9.17) is 16.6 Å². The van der Waals surface area contributed by atoms with E-state index in [2.05, 4.69) is 13.8 Å². The molecule has 5 nitrogen and oxygen atoms in total. The molecule has 6 heteroatoms. The van der Waals surface area contributed by atoms with Crippen LogP contribution in [-0.4, -0.2) is 26.9 Å². The van der Waals surface area contributed by atoms with Gasteiger partial charge in [0.25, 0.3) is 5.56 Å². The molecule has 2 aromatic carbocycles. The van der Waals surface area contributed by atoms with Crippen LogP contribution in [0.15, 0.2) is 53.3 Å². The predicted molar refractivity (Wildman–Crippen MR) is 132 cm³/mol. The second kappa shape index (κ2) is 11.3. The van der Waals surface area contributed by atoms with Gasteiger partial charge >= 0.3 is 0 Å². The zero-order valence-electron chi connectivity index (χ0n) is 19.2. The smallest absolute Gasteiger partial charge is 0.266 e. The van der Waals surface area contributed by atoms with Gasteiger partial charge in [-0.15, -0.1) is 0 Å². The molecule has 0 N–H and O–H groups in total. The van der Waals surface area contributed by atoms with Crippen LogP contribution in [0.5, 0.6) is 0 Å². The summed E-state index contributed by atoms with van der Waals surface area (Å²) in [5.74, 6) is 0.701. The number of para-hydroxylation sites is 1. The summed E-state index contributed by atoms with van der Waals surface area (Å²) in [6.45, 7) is 6.89. The number of amides is 1. The van der Waals surface area contributed by atoms with Crippen molar-refractivity contribution in [3.63, 3.8) is 0 Å². The van der Waals surface area contributed by atoms with Crippen LogP contribution in [0.1, 0.15) is 71.2 Å². The highest BCUT2D eigenvalue weighted by Gasteiger charge is 2.28. The second-order valence-corrected chi connectivity index (χ2v) is 8.51. The highest BCUT2D eigenvalue weighted by atomic mass is 35.5. The summed E-state index contributed by atoms with van der Waals surface area (Å²) in [5.41, 5.74) is 1.15. The number of unbranched alkanes of at least 4 members (excludes halogenated alkanes) is 2. The largest absolute Gasteiger partial charge is 0.333 e. The first-order valence-corrected chi connectivity index (χ1v) is 12.0. The van der Waals surface area contributed by atoms with E-state index in [9.17, 15) is 9.59 Å². The average Bonchev–Trinajstić information content (AvgIpc) is 2.80. The fraction of sp³-hybridized carbons (Fsp3) is 0.423. The summed E-state index contributed by atoms with van der Waals surface area (Å²) in [5, 5.41) is 1.09. The summed E-state index contributed by atoms with van der Waals surface area (Å²) >= 11 is 6.27. The Bertz CT molecular complexity index is 1130. The molecule has 0 aliphatic heterocycles. The van der Waals surface area contributed by atoms with Gasteiger partial charge in [-0.25, -0.2) is 4.98 Å². The van der Waals surface area contributed by atoms with Crippen molar-refractivity contribution >= 4 is 28.4 Å². The summed E-state index contributed by atoms with van der Waals surface area (Å²) < 4.78 is 1.63. The quantitative estimate of drug-likeness (QED) is 0.361. The Labute approximate surface area is 195 Å². The first-order valence-electron chi connectivity index (χ1n) is 11.6. The van der Waals surface area contributed by atoms with E-state index in [1.54, 1.807) is 22.8 Å². The molecule has 0 aliphatic rings. The lowest BCUT2D eigenvalue weighted by atomic mass is 10.1. The molecule has 170 valence electrons. The van der Waals surface area contributed by atoms with Gasteiger partial charge in [0, 0.05) is 18.0 Å². The molecule has 1 aromatic heterocycles. The average molecular weight is 454 g/mol. The molecular weight excluding hydrogens is 422 g/mol. The van der Waals surface area contributed by atoms with Crippen LogP contribution in [0.2, 0.25) is 5.02 Å². The monoisotopic (exact) mass is 453 g/mol. The molecule has 3 rings (SSSR count).